The van der Waals surface area contributed by atoms with Crippen molar-refractivity contribution in [2.24, 2.45) is 0 Å². The third-order valence-corrected chi connectivity index (χ3v) is 73.7. The molecule has 2 heterocycles. The summed E-state index contributed by atoms with van der Waals surface area (Å²) in [6, 6.07) is 0. The van der Waals surface area contributed by atoms with Crippen LogP contribution in [0.4, 0.5) is 0 Å². The molecule has 2 rings (SSSR count). The number of hydrogen-bond donors (Lipinski definition) is 2. The first kappa shape index (κ1) is 24.9. The Labute approximate surface area is 174 Å². The number of aliphatic hydroxyl groups excluding tert-OH is 2. The Morgan fingerprint density at radius 2 is 1.29 bits per heavy atom. The largest absolute Gasteiger partial charge is 0.417 e. The second-order valence-corrected chi connectivity index (χ2v) is 51.4. The third-order valence-electron chi connectivity index (χ3n) is 6.16. The van der Waals surface area contributed by atoms with E-state index in [2.05, 4.69) is 58.9 Å². The zero-order chi connectivity index (χ0) is 22.0. The molecule has 1 spiro atoms. The van der Waals surface area contributed by atoms with Crippen molar-refractivity contribution in [3.63, 3.8) is 0 Å². The molecule has 0 aromatic rings. The van der Waals surface area contributed by atoms with Gasteiger partial charge in [0.25, 0.3) is 0 Å². The van der Waals surface area contributed by atoms with Gasteiger partial charge in [0, 0.05) is 0 Å². The second-order valence-electron chi connectivity index (χ2n) is 11.9. The molecule has 2 fully saturated rings. The highest BCUT2D eigenvalue weighted by atomic mass is 29.9. The lowest BCUT2D eigenvalue weighted by Gasteiger charge is -2.59. The SMILES string of the molecule is CC1(C)OC[C@]2(OC[C@@H](O)[C@@H](O[Si]([Si](C)(C)C)([Si](C)(C)C)[Si](C)(C)C)[C@@H]2O)O1. The summed E-state index contributed by atoms with van der Waals surface area (Å²) in [5, 5.41) is 22.2. The molecule has 0 aromatic carbocycles. The standard InChI is InChI=1S/C18H42O6Si4/c1-17(2)22-13-18(24-17)16(20)15(14(19)12-21-18)23-28(25(3,4)5,26(6,7)8)27(9,10)11/h14-16,19-20H,12-13H2,1-11H3/t14-,15-,16+,18+/m1/s1. The average Bonchev–Trinajstić information content (AvgIpc) is 2.76. The fourth-order valence-corrected chi connectivity index (χ4v) is 100.0. The summed E-state index contributed by atoms with van der Waals surface area (Å²) in [5.74, 6) is -2.11. The van der Waals surface area contributed by atoms with Crippen molar-refractivity contribution in [3.05, 3.63) is 0 Å². The summed E-state index contributed by atoms with van der Waals surface area (Å²) in [4.78, 5) is 0. The van der Waals surface area contributed by atoms with Crippen LogP contribution in [-0.4, -0.2) is 83.0 Å². The van der Waals surface area contributed by atoms with Crippen LogP contribution in [0, 0.1) is 0 Å². The van der Waals surface area contributed by atoms with Crippen molar-refractivity contribution in [1.82, 2.24) is 0 Å². The molecule has 28 heavy (non-hydrogen) atoms. The summed E-state index contributed by atoms with van der Waals surface area (Å²) in [6.45, 7) is 23.4. The lowest BCUT2D eigenvalue weighted by Crippen LogP contribution is -2.86. The van der Waals surface area contributed by atoms with Gasteiger partial charge in [-0.1, -0.05) is 58.9 Å². The van der Waals surface area contributed by atoms with E-state index in [1.54, 1.807) is 0 Å². The first-order valence-electron chi connectivity index (χ1n) is 10.3. The van der Waals surface area contributed by atoms with Crippen LogP contribution < -0.4 is 0 Å². The lowest BCUT2D eigenvalue weighted by atomic mass is 9.97. The number of aliphatic hydroxyl groups is 2. The quantitative estimate of drug-likeness (QED) is 0.607. The first-order valence-corrected chi connectivity index (χ1v) is 25.7. The summed E-state index contributed by atoms with van der Waals surface area (Å²) in [7, 11) is -5.18. The predicted octanol–water partition coefficient (Wildman–Crippen LogP) is 2.80. The average molecular weight is 467 g/mol. The molecule has 0 unspecified atom stereocenters. The molecule has 2 aliphatic rings. The Morgan fingerprint density at radius 3 is 1.64 bits per heavy atom. The van der Waals surface area contributed by atoms with Crippen LogP contribution in [0.1, 0.15) is 13.8 Å². The van der Waals surface area contributed by atoms with E-state index < -0.39 is 59.5 Å². The Morgan fingerprint density at radius 1 is 0.821 bits per heavy atom. The molecule has 0 bridgehead atoms. The van der Waals surface area contributed by atoms with Gasteiger partial charge in [0.2, 0.25) is 5.79 Å². The first-order chi connectivity index (χ1) is 12.3. The lowest BCUT2D eigenvalue weighted by molar-refractivity contribution is -0.335. The maximum Gasteiger partial charge on any atom is 0.224 e. The van der Waals surface area contributed by atoms with Gasteiger partial charge in [0.05, 0.1) is 29.4 Å². The van der Waals surface area contributed by atoms with Crippen molar-refractivity contribution >= 4 is 29.6 Å². The molecule has 2 aliphatic heterocycles. The highest BCUT2D eigenvalue weighted by Crippen LogP contribution is 2.44. The van der Waals surface area contributed by atoms with E-state index in [0.717, 1.165) is 0 Å². The molecule has 0 aromatic heterocycles. The fraction of sp³-hybridized carbons (Fsp3) is 1.00. The van der Waals surface area contributed by atoms with Gasteiger partial charge in [0.1, 0.15) is 24.9 Å². The molecule has 0 aliphatic carbocycles. The van der Waals surface area contributed by atoms with Crippen LogP contribution in [0.3, 0.4) is 0 Å². The van der Waals surface area contributed by atoms with Crippen LogP contribution in [-0.2, 0) is 18.6 Å². The maximum atomic E-state index is 11.3. The van der Waals surface area contributed by atoms with Crippen molar-refractivity contribution in [1.29, 1.82) is 0 Å². The molecule has 6 nitrogen and oxygen atoms in total. The van der Waals surface area contributed by atoms with E-state index >= 15 is 0 Å². The smallest absolute Gasteiger partial charge is 0.224 e. The normalized spacial score (nSPS) is 34.8. The van der Waals surface area contributed by atoms with E-state index in [0.29, 0.717) is 0 Å². The van der Waals surface area contributed by atoms with Crippen LogP contribution in [0.15, 0.2) is 0 Å². The molecule has 10 heteroatoms. The van der Waals surface area contributed by atoms with Gasteiger partial charge in [-0.2, -0.15) is 0 Å². The topological polar surface area (TPSA) is 77.4 Å². The monoisotopic (exact) mass is 466 g/mol. The summed E-state index contributed by atoms with van der Waals surface area (Å²) >= 11 is 0. The van der Waals surface area contributed by atoms with Crippen LogP contribution in [0.5, 0.6) is 0 Å². The van der Waals surface area contributed by atoms with E-state index in [1.165, 1.54) is 0 Å². The summed E-state index contributed by atoms with van der Waals surface area (Å²) in [5.41, 5.74) is 0. The van der Waals surface area contributed by atoms with E-state index in [4.69, 9.17) is 18.6 Å². The van der Waals surface area contributed by atoms with E-state index in [1.807, 2.05) is 13.8 Å². The zero-order valence-corrected chi connectivity index (χ0v) is 23.7. The highest BCUT2D eigenvalue weighted by molar-refractivity contribution is 7.87. The van der Waals surface area contributed by atoms with Gasteiger partial charge >= 0.3 is 0 Å². The minimum atomic E-state index is -2.23. The number of rotatable bonds is 5. The van der Waals surface area contributed by atoms with Crippen molar-refractivity contribution in [2.45, 2.75) is 103 Å². The van der Waals surface area contributed by atoms with Gasteiger partial charge in [-0.3, -0.25) is 0 Å². The molecular formula is C18H42O6Si4. The second kappa shape index (κ2) is 7.35. The molecule has 0 saturated carbocycles. The van der Waals surface area contributed by atoms with Crippen LogP contribution in [0.2, 0.25) is 58.9 Å². The minimum Gasteiger partial charge on any atom is -0.417 e. The van der Waals surface area contributed by atoms with E-state index in [9.17, 15) is 10.2 Å². The molecule has 4 atom stereocenters. The molecular weight excluding hydrogens is 425 g/mol. The Bertz CT molecular complexity index is 544. The van der Waals surface area contributed by atoms with Gasteiger partial charge in [0.15, 0.2) is 12.7 Å². The van der Waals surface area contributed by atoms with Crippen molar-refractivity contribution < 1.29 is 28.8 Å². The summed E-state index contributed by atoms with van der Waals surface area (Å²) in [6.07, 6.45) is -2.67. The third kappa shape index (κ3) is 4.06. The maximum absolute atomic E-state index is 11.3. The number of ether oxygens (including phenoxy) is 3. The van der Waals surface area contributed by atoms with Gasteiger partial charge in [-0.15, -0.1) is 0 Å². The van der Waals surface area contributed by atoms with Gasteiger partial charge in [-0.25, -0.2) is 0 Å². The Kier molecular flexibility index (Phi) is 6.53. The summed E-state index contributed by atoms with van der Waals surface area (Å²) < 4.78 is 24.7. The van der Waals surface area contributed by atoms with Crippen molar-refractivity contribution in [3.8, 4) is 0 Å². The fourth-order valence-electron chi connectivity index (χ4n) is 6.09. The highest BCUT2D eigenvalue weighted by Gasteiger charge is 2.67. The van der Waals surface area contributed by atoms with Gasteiger partial charge in [-0.05, 0) is 13.8 Å². The van der Waals surface area contributed by atoms with Crippen LogP contribution >= 0.6 is 0 Å². The minimum absolute atomic E-state index is 0.0781. The Hall–Kier alpha value is 0.628. The molecule has 2 N–H and O–H groups in total. The molecule has 2 saturated heterocycles. The molecule has 0 radical (unpaired) electrons. The Balaban J connectivity index is 2.51. The predicted molar refractivity (Wildman–Crippen MR) is 122 cm³/mol. The molecule has 0 amide bonds. The zero-order valence-electron chi connectivity index (χ0n) is 19.7. The van der Waals surface area contributed by atoms with Gasteiger partial charge < -0.3 is 28.8 Å². The van der Waals surface area contributed by atoms with E-state index in [-0.39, 0.29) is 13.2 Å². The van der Waals surface area contributed by atoms with Crippen LogP contribution in [0.25, 0.3) is 0 Å². The number of hydrogen-bond acceptors (Lipinski definition) is 6. The van der Waals surface area contributed by atoms with Crippen molar-refractivity contribution in [2.75, 3.05) is 13.2 Å². The molecule has 166 valence electrons.